The summed E-state index contributed by atoms with van der Waals surface area (Å²) < 4.78 is 0. The van der Waals surface area contributed by atoms with Gasteiger partial charge in [0.15, 0.2) is 11.6 Å². The van der Waals surface area contributed by atoms with Crippen LogP contribution in [0.3, 0.4) is 0 Å². The smallest absolute Gasteiger partial charge is 0.335 e. The van der Waals surface area contributed by atoms with Gasteiger partial charge in [-0.25, -0.2) is 4.79 Å². The average molecular weight is 1030 g/mol. The summed E-state index contributed by atoms with van der Waals surface area (Å²) in [7, 11) is -2.71. The molecule has 0 aliphatic heterocycles. The summed E-state index contributed by atoms with van der Waals surface area (Å²) in [5.74, 6) is -1.12. The van der Waals surface area contributed by atoms with Gasteiger partial charge < -0.3 is 5.11 Å². The molecule has 0 atom stereocenters. The number of Topliss-reactive ketones (excluding diaryl/α,β-unsaturated/α-hetero) is 4. The van der Waals surface area contributed by atoms with Crippen LogP contribution in [0.25, 0.3) is 0 Å². The second-order valence-corrected chi connectivity index (χ2v) is 22.4. The van der Waals surface area contributed by atoms with Crippen LogP contribution in [0.15, 0.2) is 200 Å². The Kier molecular flexibility index (Phi) is 22.4. The normalized spacial score (nSPS) is 10.7. The largest absolute Gasteiger partial charge is 0.478 e. The fourth-order valence-electron chi connectivity index (χ4n) is 6.86. The van der Waals surface area contributed by atoms with Crippen LogP contribution >= 0.6 is 15.8 Å². The third kappa shape index (κ3) is 16.4. The van der Waals surface area contributed by atoms with Crippen molar-refractivity contribution in [3.05, 3.63) is 217 Å². The molecule has 0 unspecified atom stereocenters. The van der Waals surface area contributed by atoms with Crippen LogP contribution in [0.1, 0.15) is 85.5 Å². The van der Waals surface area contributed by atoms with E-state index in [1.165, 1.54) is 21.2 Å². The van der Waals surface area contributed by atoms with Gasteiger partial charge in [-0.15, -0.1) is 0 Å². The first-order chi connectivity index (χ1) is 31.1. The zero-order valence-electron chi connectivity index (χ0n) is 38.6. The maximum absolute atomic E-state index is 13.1. The van der Waals surface area contributed by atoms with E-state index in [2.05, 4.69) is 48.5 Å². The van der Waals surface area contributed by atoms with Crippen LogP contribution in [0.2, 0.25) is 0 Å². The maximum Gasteiger partial charge on any atom is 0.335 e. The molecule has 0 aromatic heterocycles. The molecule has 0 aliphatic rings. The number of carboxylic acid groups (broad SMARTS) is 1. The predicted molar refractivity (Wildman–Crippen MR) is 273 cm³/mol. The van der Waals surface area contributed by atoms with Crippen molar-refractivity contribution in [3.63, 3.8) is 0 Å². The molecule has 2 radical (unpaired) electrons. The Morgan fingerprint density at radius 3 is 0.851 bits per heavy atom. The molecule has 0 bridgehead atoms. The van der Waals surface area contributed by atoms with Crippen LogP contribution in [-0.2, 0) is 43.7 Å². The quantitative estimate of drug-likeness (QED) is 0.0534. The molecule has 0 amide bonds. The number of hydrogen-bond donors (Lipinski definition) is 1. The van der Waals surface area contributed by atoms with Gasteiger partial charge in [-0.05, 0) is 84.9 Å². The van der Waals surface area contributed by atoms with Gasteiger partial charge in [0.25, 0.3) is 0 Å². The van der Waals surface area contributed by atoms with E-state index in [0.29, 0.717) is 16.7 Å². The van der Waals surface area contributed by atoms with Crippen LogP contribution in [-0.4, -0.2) is 34.2 Å². The Morgan fingerprint density at radius 2 is 0.612 bits per heavy atom. The van der Waals surface area contributed by atoms with Gasteiger partial charge in [-0.2, -0.15) is 0 Å². The van der Waals surface area contributed by atoms with E-state index in [-0.39, 0.29) is 70.1 Å². The van der Waals surface area contributed by atoms with Gasteiger partial charge in [-0.3, -0.25) is 19.2 Å². The first-order valence-corrected chi connectivity index (χ1v) is 24.6. The van der Waals surface area contributed by atoms with Gasteiger partial charge in [0.2, 0.25) is 0 Å². The number of rotatable bonds is 13. The monoisotopic (exact) mass is 1030 g/mol. The first kappa shape index (κ1) is 55.9. The number of carbonyl (C=O) groups excluding carboxylic acids is 4. The van der Waals surface area contributed by atoms with Crippen molar-refractivity contribution >= 4 is 76.8 Å². The molecular weight excluding hydrogens is 970 g/mol. The molecule has 7 aromatic rings. The van der Waals surface area contributed by atoms with Crippen molar-refractivity contribution in [2.24, 2.45) is 10.8 Å². The maximum atomic E-state index is 13.1. The molecule has 67 heavy (non-hydrogen) atoms. The summed E-state index contributed by atoms with van der Waals surface area (Å²) in [6.45, 7) is 11.2. The average Bonchev–Trinajstić information content (AvgIpc) is 3.31. The molecule has 7 rings (SSSR count). The number of hydrogen-bond acceptors (Lipinski definition) is 5. The minimum Gasteiger partial charge on any atom is -0.478 e. The number of carbonyl (C=O) groups is 5. The van der Waals surface area contributed by atoms with Crippen LogP contribution in [0, 0.1) is 10.8 Å². The fraction of sp³-hybridized carbons (Fsp3) is 0.175. The molecular formula is C57H58Cu2O6P2+2. The number of benzene rings is 7. The second kappa shape index (κ2) is 26.8. The van der Waals surface area contributed by atoms with E-state index in [1.54, 1.807) is 30.3 Å². The van der Waals surface area contributed by atoms with Crippen molar-refractivity contribution in [2.45, 2.75) is 54.4 Å². The molecule has 7 aromatic carbocycles. The SMILES string of the molecule is CC(C)(C)C(=O)CC(=O)c1ccccc1[PH+](c1ccccc1)c1ccccc1.CC(C)(C)C(=O)CC(=O)c1ccccc1[PH+](c1ccccc1)c1ccccc1.O=C(O)c1ccccc1.[Cu].[Cu]. The molecule has 0 heterocycles. The van der Waals surface area contributed by atoms with E-state index < -0.39 is 32.6 Å². The molecule has 352 valence electrons. The summed E-state index contributed by atoms with van der Waals surface area (Å²) in [5, 5.41) is 15.4. The Balaban J connectivity index is 0.000000292. The van der Waals surface area contributed by atoms with Gasteiger partial charge in [-0.1, -0.05) is 157 Å². The van der Waals surface area contributed by atoms with Gasteiger partial charge in [0, 0.05) is 45.0 Å². The molecule has 6 nitrogen and oxygen atoms in total. The van der Waals surface area contributed by atoms with Gasteiger partial charge in [0.1, 0.15) is 43.4 Å². The Morgan fingerprint density at radius 1 is 0.373 bits per heavy atom. The molecule has 0 saturated heterocycles. The minimum absolute atomic E-state index is 0. The second-order valence-electron chi connectivity index (χ2n) is 17.5. The fourth-order valence-corrected chi connectivity index (χ4v) is 12.4. The van der Waals surface area contributed by atoms with Crippen LogP contribution in [0.5, 0.6) is 0 Å². The molecule has 0 saturated carbocycles. The zero-order chi connectivity index (χ0) is 47.0. The standard InChI is InChI=1S/2C25H25O2P.C7H6O2.2Cu/c2*1-25(2,3)24(27)18-22(26)21-16-10-11-17-23(21)28(19-12-6-4-7-13-19)20-14-8-5-9-15-20;8-7(9)6-4-2-1-3-5-6;;/h2*4-17H,18H2,1-3H3;1-5H,(H,8,9);;/p+2. The molecule has 0 aliphatic carbocycles. The third-order valence-corrected chi connectivity index (χ3v) is 16.2. The first-order valence-electron chi connectivity index (χ1n) is 21.6. The minimum atomic E-state index is -1.35. The zero-order valence-corrected chi connectivity index (χ0v) is 42.4. The molecule has 0 spiro atoms. The van der Waals surface area contributed by atoms with Crippen molar-refractivity contribution in [1.82, 2.24) is 0 Å². The summed E-state index contributed by atoms with van der Waals surface area (Å²) in [5.41, 5.74) is 0.634. The predicted octanol–water partition coefficient (Wildman–Crippen LogP) is 10.1. The summed E-state index contributed by atoms with van der Waals surface area (Å²) in [4.78, 5) is 61.3. The van der Waals surface area contributed by atoms with Crippen molar-refractivity contribution in [3.8, 4) is 0 Å². The number of aromatic carboxylic acids is 1. The summed E-state index contributed by atoms with van der Waals surface area (Å²) >= 11 is 0. The molecule has 1 N–H and O–H groups in total. The van der Waals surface area contributed by atoms with E-state index in [9.17, 15) is 24.0 Å². The Labute approximate surface area is 419 Å². The van der Waals surface area contributed by atoms with E-state index in [4.69, 9.17) is 5.11 Å². The summed E-state index contributed by atoms with van der Waals surface area (Å²) in [6, 6.07) is 65.2. The Bertz CT molecular complexity index is 2430. The molecule has 0 fully saturated rings. The van der Waals surface area contributed by atoms with E-state index in [0.717, 1.165) is 10.6 Å². The molecule has 10 heteroatoms. The third-order valence-electron chi connectivity index (χ3n) is 10.6. The van der Waals surface area contributed by atoms with Crippen molar-refractivity contribution < 1.29 is 63.2 Å². The van der Waals surface area contributed by atoms with Gasteiger partial charge in [0.05, 0.1) is 45.4 Å². The van der Waals surface area contributed by atoms with Crippen molar-refractivity contribution in [1.29, 1.82) is 0 Å². The van der Waals surface area contributed by atoms with Crippen molar-refractivity contribution in [2.75, 3.05) is 0 Å². The van der Waals surface area contributed by atoms with E-state index in [1.807, 2.05) is 163 Å². The van der Waals surface area contributed by atoms with Crippen LogP contribution < -0.4 is 31.8 Å². The summed E-state index contributed by atoms with van der Waals surface area (Å²) in [6.07, 6.45) is -0.113. The number of carboxylic acids is 1. The topological polar surface area (TPSA) is 106 Å². The number of ketones is 4. The van der Waals surface area contributed by atoms with Gasteiger partial charge >= 0.3 is 5.97 Å². The van der Waals surface area contributed by atoms with Crippen LogP contribution in [0.4, 0.5) is 0 Å². The Hall–Kier alpha value is -5.41. The van der Waals surface area contributed by atoms with E-state index >= 15 is 0 Å².